The topological polar surface area (TPSA) is 56.1 Å². The summed E-state index contributed by atoms with van der Waals surface area (Å²) in [5, 5.41) is 12.6. The predicted octanol–water partition coefficient (Wildman–Crippen LogP) is 3.17. The van der Waals surface area contributed by atoms with Crippen LogP contribution in [0.25, 0.3) is 0 Å². The highest BCUT2D eigenvalue weighted by Crippen LogP contribution is 2.25. The van der Waals surface area contributed by atoms with E-state index in [-0.39, 0.29) is 11.8 Å². The summed E-state index contributed by atoms with van der Waals surface area (Å²) in [4.78, 5) is 14.0. The Morgan fingerprint density at radius 3 is 2.75 bits per heavy atom. The molecule has 106 valence electrons. The van der Waals surface area contributed by atoms with Crippen LogP contribution >= 0.6 is 23.2 Å². The van der Waals surface area contributed by atoms with Gasteiger partial charge in [-0.05, 0) is 44.1 Å². The van der Waals surface area contributed by atoms with Crippen molar-refractivity contribution in [3.63, 3.8) is 0 Å². The van der Waals surface area contributed by atoms with Crippen molar-refractivity contribution in [3.8, 4) is 6.07 Å². The van der Waals surface area contributed by atoms with Gasteiger partial charge in [0, 0.05) is 10.9 Å². The summed E-state index contributed by atoms with van der Waals surface area (Å²) in [6, 6.07) is 7.22. The largest absolute Gasteiger partial charge is 0.324 e. The molecule has 0 aliphatic carbocycles. The first-order chi connectivity index (χ1) is 9.58. The Hall–Kier alpha value is -1.28. The molecule has 2 rings (SSSR count). The minimum atomic E-state index is -0.121. The molecule has 1 saturated heterocycles. The maximum absolute atomic E-state index is 12.0. The zero-order valence-corrected chi connectivity index (χ0v) is 12.4. The van der Waals surface area contributed by atoms with Crippen LogP contribution in [-0.2, 0) is 4.79 Å². The van der Waals surface area contributed by atoms with E-state index in [0.29, 0.717) is 22.3 Å². The highest BCUT2D eigenvalue weighted by Gasteiger charge is 2.20. The molecule has 1 aliphatic rings. The van der Waals surface area contributed by atoms with Crippen LogP contribution in [0.1, 0.15) is 12.8 Å². The number of hydrogen-bond acceptors (Lipinski definition) is 3. The lowest BCUT2D eigenvalue weighted by Crippen LogP contribution is -2.39. The van der Waals surface area contributed by atoms with E-state index in [1.165, 1.54) is 0 Å². The number of likely N-dealkylation sites (tertiary alicyclic amines) is 1. The SMILES string of the molecule is N#CC1CCN(CC(=O)Nc2cc(Cl)ccc2Cl)CC1. The van der Waals surface area contributed by atoms with Crippen molar-refractivity contribution in [1.29, 1.82) is 5.26 Å². The van der Waals surface area contributed by atoms with Gasteiger partial charge in [-0.3, -0.25) is 9.69 Å². The third-order valence-corrected chi connectivity index (χ3v) is 3.90. The number of carbonyl (C=O) groups is 1. The van der Waals surface area contributed by atoms with Crippen LogP contribution in [0.5, 0.6) is 0 Å². The maximum atomic E-state index is 12.0. The van der Waals surface area contributed by atoms with Gasteiger partial charge in [0.25, 0.3) is 0 Å². The Bertz CT molecular complexity index is 534. The average Bonchev–Trinajstić information content (AvgIpc) is 2.43. The number of carbonyl (C=O) groups excluding carboxylic acids is 1. The monoisotopic (exact) mass is 311 g/mol. The molecule has 0 spiro atoms. The van der Waals surface area contributed by atoms with E-state index < -0.39 is 0 Å². The van der Waals surface area contributed by atoms with E-state index >= 15 is 0 Å². The summed E-state index contributed by atoms with van der Waals surface area (Å²) in [5.41, 5.74) is 0.524. The van der Waals surface area contributed by atoms with Crippen molar-refractivity contribution in [1.82, 2.24) is 4.90 Å². The smallest absolute Gasteiger partial charge is 0.238 e. The van der Waals surface area contributed by atoms with Crippen LogP contribution < -0.4 is 5.32 Å². The van der Waals surface area contributed by atoms with Crippen LogP contribution in [0.15, 0.2) is 18.2 Å². The normalized spacial score (nSPS) is 16.6. The van der Waals surface area contributed by atoms with E-state index in [9.17, 15) is 4.79 Å². The summed E-state index contributed by atoms with van der Waals surface area (Å²) >= 11 is 11.9. The summed E-state index contributed by atoms with van der Waals surface area (Å²) in [7, 11) is 0. The molecular weight excluding hydrogens is 297 g/mol. The number of benzene rings is 1. The van der Waals surface area contributed by atoms with Gasteiger partial charge in [0.1, 0.15) is 0 Å². The van der Waals surface area contributed by atoms with E-state index in [4.69, 9.17) is 28.5 Å². The van der Waals surface area contributed by atoms with Crippen molar-refractivity contribution in [3.05, 3.63) is 28.2 Å². The zero-order chi connectivity index (χ0) is 14.5. The number of halogens is 2. The standard InChI is InChI=1S/C14H15Cl2N3O/c15-11-1-2-12(16)13(7-11)18-14(20)9-19-5-3-10(8-17)4-6-19/h1-2,7,10H,3-6,9H2,(H,18,20). The van der Waals surface area contributed by atoms with Crippen molar-refractivity contribution in [2.75, 3.05) is 25.0 Å². The number of rotatable bonds is 3. The molecule has 1 heterocycles. The number of nitriles is 1. The quantitative estimate of drug-likeness (QED) is 0.932. The lowest BCUT2D eigenvalue weighted by molar-refractivity contribution is -0.117. The number of nitrogens with zero attached hydrogens (tertiary/aromatic N) is 2. The Balaban J connectivity index is 1.87. The van der Waals surface area contributed by atoms with Gasteiger partial charge in [0.2, 0.25) is 5.91 Å². The van der Waals surface area contributed by atoms with Crippen molar-refractivity contribution in [2.24, 2.45) is 5.92 Å². The second-order valence-electron chi connectivity index (χ2n) is 4.85. The predicted molar refractivity (Wildman–Crippen MR) is 79.9 cm³/mol. The Morgan fingerprint density at radius 2 is 2.10 bits per heavy atom. The minimum absolute atomic E-state index is 0.121. The number of piperidine rings is 1. The molecule has 6 heteroatoms. The molecule has 1 aliphatic heterocycles. The first-order valence-corrected chi connectivity index (χ1v) is 7.21. The van der Waals surface area contributed by atoms with Gasteiger partial charge in [0.05, 0.1) is 23.3 Å². The van der Waals surface area contributed by atoms with Gasteiger partial charge < -0.3 is 5.32 Å². The fourth-order valence-electron chi connectivity index (χ4n) is 2.21. The van der Waals surface area contributed by atoms with E-state index in [0.717, 1.165) is 25.9 Å². The number of nitrogens with one attached hydrogen (secondary N) is 1. The molecule has 1 aromatic rings. The fourth-order valence-corrected chi connectivity index (χ4v) is 2.54. The summed E-state index contributed by atoms with van der Waals surface area (Å²) < 4.78 is 0. The summed E-state index contributed by atoms with van der Waals surface area (Å²) in [6.45, 7) is 1.85. The molecule has 1 N–H and O–H groups in total. The molecule has 20 heavy (non-hydrogen) atoms. The molecule has 0 atom stereocenters. The first kappa shape index (κ1) is 15.1. The third kappa shape index (κ3) is 4.11. The second kappa shape index (κ2) is 6.94. The molecule has 1 fully saturated rings. The second-order valence-corrected chi connectivity index (χ2v) is 5.70. The molecule has 1 amide bonds. The van der Waals surface area contributed by atoms with Gasteiger partial charge >= 0.3 is 0 Å². The first-order valence-electron chi connectivity index (χ1n) is 6.45. The molecule has 0 aromatic heterocycles. The van der Waals surface area contributed by atoms with Gasteiger partial charge in [-0.15, -0.1) is 0 Å². The molecule has 1 aromatic carbocycles. The minimum Gasteiger partial charge on any atom is -0.324 e. The lowest BCUT2D eigenvalue weighted by atomic mass is 9.99. The van der Waals surface area contributed by atoms with Crippen LogP contribution in [0, 0.1) is 17.2 Å². The Kier molecular flexibility index (Phi) is 5.24. The van der Waals surface area contributed by atoms with Gasteiger partial charge in [-0.1, -0.05) is 23.2 Å². The Morgan fingerprint density at radius 1 is 1.40 bits per heavy atom. The highest BCUT2D eigenvalue weighted by molar-refractivity contribution is 6.35. The van der Waals surface area contributed by atoms with Gasteiger partial charge in [-0.2, -0.15) is 5.26 Å². The Labute approximate surface area is 128 Å². The van der Waals surface area contributed by atoms with Crippen molar-refractivity contribution < 1.29 is 4.79 Å². The number of anilines is 1. The van der Waals surface area contributed by atoms with Crippen molar-refractivity contribution in [2.45, 2.75) is 12.8 Å². The van der Waals surface area contributed by atoms with Crippen LogP contribution in [-0.4, -0.2) is 30.4 Å². The maximum Gasteiger partial charge on any atom is 0.238 e. The van der Waals surface area contributed by atoms with Crippen molar-refractivity contribution >= 4 is 34.8 Å². The number of amides is 1. The molecule has 0 bridgehead atoms. The highest BCUT2D eigenvalue weighted by atomic mass is 35.5. The molecule has 0 radical (unpaired) electrons. The number of hydrogen-bond donors (Lipinski definition) is 1. The summed E-state index contributed by atoms with van der Waals surface area (Å²) in [5.74, 6) is 0.00117. The van der Waals surface area contributed by atoms with E-state index in [2.05, 4.69) is 11.4 Å². The van der Waals surface area contributed by atoms with Crippen LogP contribution in [0.2, 0.25) is 10.0 Å². The molecule has 0 saturated carbocycles. The fraction of sp³-hybridized carbons (Fsp3) is 0.429. The average molecular weight is 312 g/mol. The van der Waals surface area contributed by atoms with E-state index in [1.807, 2.05) is 4.90 Å². The van der Waals surface area contributed by atoms with Crippen LogP contribution in [0.3, 0.4) is 0 Å². The summed E-state index contributed by atoms with van der Waals surface area (Å²) in [6.07, 6.45) is 1.64. The lowest BCUT2D eigenvalue weighted by Gasteiger charge is -2.28. The van der Waals surface area contributed by atoms with Gasteiger partial charge in [-0.25, -0.2) is 0 Å². The van der Waals surface area contributed by atoms with Gasteiger partial charge in [0.15, 0.2) is 0 Å². The molecular formula is C14H15Cl2N3O. The zero-order valence-electron chi connectivity index (χ0n) is 10.9. The molecule has 4 nitrogen and oxygen atoms in total. The third-order valence-electron chi connectivity index (χ3n) is 3.34. The molecule has 0 unspecified atom stereocenters. The van der Waals surface area contributed by atoms with Crippen LogP contribution in [0.4, 0.5) is 5.69 Å². The van der Waals surface area contributed by atoms with E-state index in [1.54, 1.807) is 18.2 Å².